The Hall–Kier alpha value is -8.67. The lowest BCUT2D eigenvalue weighted by Gasteiger charge is -2.15. The Kier molecular flexibility index (Phi) is 8.15. The van der Waals surface area contributed by atoms with Crippen molar-refractivity contribution in [2.24, 2.45) is 0 Å². The van der Waals surface area contributed by atoms with Crippen LogP contribution in [0.3, 0.4) is 0 Å². The van der Waals surface area contributed by atoms with E-state index in [9.17, 15) is 0 Å². The monoisotopic (exact) mass is 815 g/mol. The molecule has 0 N–H and O–H groups in total. The lowest BCUT2D eigenvalue weighted by Crippen LogP contribution is -2.02. The van der Waals surface area contributed by atoms with Gasteiger partial charge in [-0.25, -0.2) is 15.0 Å². The average molecular weight is 816 g/mol. The number of rotatable bonds is 6. The van der Waals surface area contributed by atoms with Gasteiger partial charge in [0, 0.05) is 49.6 Å². The first kappa shape index (κ1) is 36.0. The number of para-hydroxylation sites is 2. The maximum atomic E-state index is 5.30. The second kappa shape index (κ2) is 14.5. The van der Waals surface area contributed by atoms with Gasteiger partial charge in [0.1, 0.15) is 0 Å². The molecule has 0 atom stereocenters. The summed E-state index contributed by atoms with van der Waals surface area (Å²) in [6.07, 6.45) is 0. The summed E-state index contributed by atoms with van der Waals surface area (Å²) in [7, 11) is 0. The minimum absolute atomic E-state index is 0.619. The van der Waals surface area contributed by atoms with Gasteiger partial charge in [-0.1, -0.05) is 170 Å². The van der Waals surface area contributed by atoms with Crippen LogP contribution >= 0.6 is 0 Å². The van der Waals surface area contributed by atoms with Crippen LogP contribution in [0.15, 0.2) is 224 Å². The molecule has 0 bridgehead atoms. The first-order chi connectivity index (χ1) is 31.7. The van der Waals surface area contributed by atoms with Gasteiger partial charge in [-0.15, -0.1) is 0 Å². The Morgan fingerprint density at radius 3 is 1.44 bits per heavy atom. The maximum Gasteiger partial charge on any atom is 0.164 e. The highest BCUT2D eigenvalue weighted by molar-refractivity contribution is 6.21. The quantitative estimate of drug-likeness (QED) is 0.168. The topological polar surface area (TPSA) is 48.5 Å². The van der Waals surface area contributed by atoms with E-state index in [0.29, 0.717) is 17.5 Å². The summed E-state index contributed by atoms with van der Waals surface area (Å²) < 4.78 is 4.85. The van der Waals surface area contributed by atoms with Crippen LogP contribution in [0.4, 0.5) is 0 Å². The summed E-state index contributed by atoms with van der Waals surface area (Å²) in [6, 6.07) is 80.0. The van der Waals surface area contributed by atoms with Gasteiger partial charge >= 0.3 is 0 Å². The van der Waals surface area contributed by atoms with Crippen molar-refractivity contribution in [1.82, 2.24) is 24.1 Å². The van der Waals surface area contributed by atoms with Crippen LogP contribution in [-0.2, 0) is 0 Å². The van der Waals surface area contributed by atoms with Crippen LogP contribution in [0, 0.1) is 0 Å². The largest absolute Gasteiger partial charge is 0.309 e. The molecule has 0 amide bonds. The minimum Gasteiger partial charge on any atom is -0.309 e. The highest BCUT2D eigenvalue weighted by Gasteiger charge is 2.21. The highest BCUT2D eigenvalue weighted by atomic mass is 15.0. The lowest BCUT2D eigenvalue weighted by atomic mass is 10.0. The van der Waals surface area contributed by atoms with E-state index in [1.165, 1.54) is 43.4 Å². The van der Waals surface area contributed by atoms with Crippen molar-refractivity contribution in [1.29, 1.82) is 0 Å². The average Bonchev–Trinajstić information content (AvgIpc) is 3.86. The predicted octanol–water partition coefficient (Wildman–Crippen LogP) is 15.0. The van der Waals surface area contributed by atoms with E-state index < -0.39 is 0 Å². The molecule has 0 aliphatic rings. The van der Waals surface area contributed by atoms with Gasteiger partial charge < -0.3 is 9.13 Å². The summed E-state index contributed by atoms with van der Waals surface area (Å²) in [5.41, 5.74) is 11.9. The summed E-state index contributed by atoms with van der Waals surface area (Å²) in [6.45, 7) is 0. The summed E-state index contributed by atoms with van der Waals surface area (Å²) >= 11 is 0. The summed E-state index contributed by atoms with van der Waals surface area (Å²) in [5, 5.41) is 9.48. The number of hydrogen-bond donors (Lipinski definition) is 0. The molecule has 0 spiro atoms. The molecule has 3 heterocycles. The van der Waals surface area contributed by atoms with Crippen LogP contribution in [0.2, 0.25) is 0 Å². The molecule has 13 aromatic rings. The molecule has 5 heteroatoms. The van der Waals surface area contributed by atoms with Gasteiger partial charge in [0.05, 0.1) is 22.1 Å². The fraction of sp³-hybridized carbons (Fsp3) is 0. The van der Waals surface area contributed by atoms with Crippen molar-refractivity contribution >= 4 is 65.2 Å². The van der Waals surface area contributed by atoms with E-state index >= 15 is 0 Å². The van der Waals surface area contributed by atoms with E-state index in [1.54, 1.807) is 0 Å². The van der Waals surface area contributed by atoms with Gasteiger partial charge in [-0.05, 0) is 87.3 Å². The molecule has 298 valence electrons. The van der Waals surface area contributed by atoms with Crippen LogP contribution in [0.25, 0.3) is 122 Å². The smallest absolute Gasteiger partial charge is 0.164 e. The van der Waals surface area contributed by atoms with Gasteiger partial charge in [-0.3, -0.25) is 0 Å². The van der Waals surface area contributed by atoms with Crippen LogP contribution < -0.4 is 0 Å². The van der Waals surface area contributed by atoms with Crippen molar-refractivity contribution < 1.29 is 0 Å². The molecule has 0 saturated carbocycles. The van der Waals surface area contributed by atoms with Gasteiger partial charge in [-0.2, -0.15) is 0 Å². The molecule has 0 saturated heterocycles. The number of fused-ring (bicyclic) bond motifs is 8. The number of benzene rings is 10. The molecule has 5 nitrogen and oxygen atoms in total. The first-order valence-electron chi connectivity index (χ1n) is 21.7. The van der Waals surface area contributed by atoms with Crippen molar-refractivity contribution in [3.63, 3.8) is 0 Å². The Labute approximate surface area is 368 Å². The van der Waals surface area contributed by atoms with Crippen molar-refractivity contribution in [2.75, 3.05) is 0 Å². The fourth-order valence-corrected chi connectivity index (χ4v) is 9.69. The van der Waals surface area contributed by atoms with E-state index in [1.807, 2.05) is 24.3 Å². The van der Waals surface area contributed by atoms with Crippen molar-refractivity contribution in [2.45, 2.75) is 0 Å². The summed E-state index contributed by atoms with van der Waals surface area (Å²) in [5.74, 6) is 1.87. The SMILES string of the molecule is c1ccc(-c2ccc(-c3nc(-c4ccccc4)nc(-c4cc(-n5c6ccccc6c6cc7c8cc9ccccc9cc8n(-c8ccccc8)c7cc65)cc5ccccc45)n3)cc2)cc1. The Balaban J connectivity index is 1.07. The van der Waals surface area contributed by atoms with Gasteiger partial charge in [0.2, 0.25) is 0 Å². The normalized spacial score (nSPS) is 11.8. The Bertz CT molecular complexity index is 3930. The zero-order chi connectivity index (χ0) is 42.1. The second-order valence-corrected chi connectivity index (χ2v) is 16.5. The van der Waals surface area contributed by atoms with E-state index in [4.69, 9.17) is 15.0 Å². The zero-order valence-electron chi connectivity index (χ0n) is 34.6. The maximum absolute atomic E-state index is 5.30. The Morgan fingerprint density at radius 2 is 0.719 bits per heavy atom. The highest BCUT2D eigenvalue weighted by Crippen LogP contribution is 2.42. The third-order valence-corrected chi connectivity index (χ3v) is 12.7. The number of aromatic nitrogens is 5. The van der Waals surface area contributed by atoms with Gasteiger partial charge in [0.25, 0.3) is 0 Å². The molecule has 0 fully saturated rings. The van der Waals surface area contributed by atoms with Crippen LogP contribution in [0.1, 0.15) is 0 Å². The molecule has 64 heavy (non-hydrogen) atoms. The minimum atomic E-state index is 0.619. The van der Waals surface area contributed by atoms with Gasteiger partial charge in [0.15, 0.2) is 17.5 Å². The molecule has 0 aliphatic carbocycles. The predicted molar refractivity (Wildman–Crippen MR) is 265 cm³/mol. The Morgan fingerprint density at radius 1 is 0.250 bits per heavy atom. The van der Waals surface area contributed by atoms with E-state index in [-0.39, 0.29) is 0 Å². The van der Waals surface area contributed by atoms with Crippen LogP contribution in [0.5, 0.6) is 0 Å². The fourth-order valence-electron chi connectivity index (χ4n) is 9.69. The standard InChI is InChI=1S/C59H37N5/c1-4-16-38(17-5-1)39-28-30-41(31-29-39)58-60-57(40-18-6-2-7-19-40)61-59(62-58)52-35-46(32-44-22-12-13-25-47(44)52)64-53-27-15-14-26-48(53)50-36-51-49-33-42-20-10-11-21-43(42)34-54(49)63(56(51)37-55(50)64)45-23-8-3-9-24-45/h1-37H. The molecule has 0 unspecified atom stereocenters. The molecule has 10 aromatic carbocycles. The lowest BCUT2D eigenvalue weighted by molar-refractivity contribution is 1.07. The first-order valence-corrected chi connectivity index (χ1v) is 21.7. The molecule has 0 radical (unpaired) electrons. The molecule has 0 aliphatic heterocycles. The number of nitrogens with zero attached hydrogens (tertiary/aromatic N) is 5. The molecular formula is C59H37N5. The number of hydrogen-bond acceptors (Lipinski definition) is 3. The molecule has 3 aromatic heterocycles. The van der Waals surface area contributed by atoms with E-state index in [2.05, 4.69) is 209 Å². The van der Waals surface area contributed by atoms with Crippen LogP contribution in [-0.4, -0.2) is 24.1 Å². The third kappa shape index (κ3) is 5.83. The van der Waals surface area contributed by atoms with E-state index in [0.717, 1.165) is 61.0 Å². The second-order valence-electron chi connectivity index (χ2n) is 16.5. The van der Waals surface area contributed by atoms with Crippen molar-refractivity contribution in [3.8, 4) is 56.7 Å². The zero-order valence-corrected chi connectivity index (χ0v) is 34.6. The van der Waals surface area contributed by atoms with Crippen molar-refractivity contribution in [3.05, 3.63) is 224 Å². The third-order valence-electron chi connectivity index (χ3n) is 12.7. The summed E-state index contributed by atoms with van der Waals surface area (Å²) in [4.78, 5) is 15.7. The molecule has 13 rings (SSSR count). The molecular weight excluding hydrogens is 779 g/mol.